The standard InChI is InChI=1S/C10H23NO/c1-9(2,3)6-7-10(4,8-11)12-5/h6-8,11H2,1-5H3. The second kappa shape index (κ2) is 4.24. The third-order valence-corrected chi connectivity index (χ3v) is 2.33. The topological polar surface area (TPSA) is 35.2 Å². The van der Waals surface area contributed by atoms with Gasteiger partial charge >= 0.3 is 0 Å². The van der Waals surface area contributed by atoms with E-state index < -0.39 is 0 Å². The Bertz CT molecular complexity index is 122. The van der Waals surface area contributed by atoms with Crippen LogP contribution in [0, 0.1) is 5.41 Å². The van der Waals surface area contributed by atoms with Gasteiger partial charge < -0.3 is 10.5 Å². The van der Waals surface area contributed by atoms with Gasteiger partial charge in [0.25, 0.3) is 0 Å². The quantitative estimate of drug-likeness (QED) is 0.707. The number of hydrogen-bond acceptors (Lipinski definition) is 2. The van der Waals surface area contributed by atoms with Crippen molar-refractivity contribution in [2.75, 3.05) is 13.7 Å². The average molecular weight is 173 g/mol. The minimum absolute atomic E-state index is 0.132. The number of hydrogen-bond donors (Lipinski definition) is 1. The Morgan fingerprint density at radius 1 is 1.08 bits per heavy atom. The summed E-state index contributed by atoms with van der Waals surface area (Å²) < 4.78 is 5.36. The van der Waals surface area contributed by atoms with Crippen LogP contribution in [-0.4, -0.2) is 19.3 Å². The Morgan fingerprint density at radius 2 is 1.58 bits per heavy atom. The molecule has 1 atom stereocenters. The fraction of sp³-hybridized carbons (Fsp3) is 1.00. The first-order valence-electron chi connectivity index (χ1n) is 4.58. The van der Waals surface area contributed by atoms with Crippen LogP contribution in [0.2, 0.25) is 0 Å². The maximum atomic E-state index is 5.62. The summed E-state index contributed by atoms with van der Waals surface area (Å²) in [5.74, 6) is 0. The highest BCUT2D eigenvalue weighted by molar-refractivity contribution is 4.78. The van der Waals surface area contributed by atoms with Crippen molar-refractivity contribution in [1.29, 1.82) is 0 Å². The van der Waals surface area contributed by atoms with Crippen LogP contribution >= 0.6 is 0 Å². The molecule has 0 bridgehead atoms. The van der Waals surface area contributed by atoms with Crippen molar-refractivity contribution in [3.8, 4) is 0 Å². The molecule has 0 saturated carbocycles. The van der Waals surface area contributed by atoms with Crippen molar-refractivity contribution in [2.45, 2.75) is 46.1 Å². The molecule has 0 spiro atoms. The Morgan fingerprint density at radius 3 is 1.83 bits per heavy atom. The van der Waals surface area contributed by atoms with Gasteiger partial charge in [-0.3, -0.25) is 0 Å². The first-order chi connectivity index (χ1) is 5.33. The summed E-state index contributed by atoms with van der Waals surface area (Å²) in [5.41, 5.74) is 5.86. The molecule has 2 N–H and O–H groups in total. The molecule has 0 aromatic heterocycles. The van der Waals surface area contributed by atoms with Crippen LogP contribution in [0.1, 0.15) is 40.5 Å². The summed E-state index contributed by atoms with van der Waals surface area (Å²) in [4.78, 5) is 0. The predicted octanol–water partition coefficient (Wildman–Crippen LogP) is 2.18. The molecule has 0 aliphatic carbocycles. The van der Waals surface area contributed by atoms with Crippen molar-refractivity contribution < 1.29 is 4.74 Å². The Hall–Kier alpha value is -0.0800. The number of ether oxygens (including phenoxy) is 1. The van der Waals surface area contributed by atoms with E-state index in [4.69, 9.17) is 10.5 Å². The Kier molecular flexibility index (Phi) is 4.21. The average Bonchev–Trinajstić information content (AvgIpc) is 1.99. The van der Waals surface area contributed by atoms with Gasteiger partial charge in [-0.05, 0) is 25.2 Å². The van der Waals surface area contributed by atoms with Gasteiger partial charge in [0.1, 0.15) is 0 Å². The van der Waals surface area contributed by atoms with E-state index >= 15 is 0 Å². The van der Waals surface area contributed by atoms with Gasteiger partial charge in [0, 0.05) is 13.7 Å². The molecular formula is C10H23NO. The maximum absolute atomic E-state index is 5.62. The molecule has 0 fully saturated rings. The normalized spacial score (nSPS) is 17.5. The lowest BCUT2D eigenvalue weighted by Gasteiger charge is -2.30. The fourth-order valence-corrected chi connectivity index (χ4v) is 0.927. The number of rotatable bonds is 4. The van der Waals surface area contributed by atoms with E-state index in [-0.39, 0.29) is 5.60 Å². The van der Waals surface area contributed by atoms with Crippen LogP contribution in [0.5, 0.6) is 0 Å². The molecule has 0 heterocycles. The van der Waals surface area contributed by atoms with E-state index in [0.717, 1.165) is 12.8 Å². The lowest BCUT2D eigenvalue weighted by molar-refractivity contribution is -0.00139. The van der Waals surface area contributed by atoms with E-state index in [0.29, 0.717) is 12.0 Å². The molecule has 0 aliphatic heterocycles. The Labute approximate surface area is 76.5 Å². The summed E-state index contributed by atoms with van der Waals surface area (Å²) in [6.45, 7) is 9.37. The molecule has 0 aliphatic rings. The maximum Gasteiger partial charge on any atom is 0.0772 e. The van der Waals surface area contributed by atoms with Gasteiger partial charge in [-0.15, -0.1) is 0 Å². The summed E-state index contributed by atoms with van der Waals surface area (Å²) in [6, 6.07) is 0. The van der Waals surface area contributed by atoms with Crippen molar-refractivity contribution in [1.82, 2.24) is 0 Å². The van der Waals surface area contributed by atoms with Crippen molar-refractivity contribution in [3.63, 3.8) is 0 Å². The molecule has 2 heteroatoms. The molecule has 0 radical (unpaired) electrons. The molecule has 12 heavy (non-hydrogen) atoms. The van der Waals surface area contributed by atoms with Crippen molar-refractivity contribution >= 4 is 0 Å². The zero-order chi connectivity index (χ0) is 9.83. The van der Waals surface area contributed by atoms with Crippen LogP contribution in [0.4, 0.5) is 0 Å². The van der Waals surface area contributed by atoms with Gasteiger partial charge in [-0.2, -0.15) is 0 Å². The van der Waals surface area contributed by atoms with E-state index in [9.17, 15) is 0 Å². The zero-order valence-corrected chi connectivity index (χ0v) is 9.11. The van der Waals surface area contributed by atoms with Crippen molar-refractivity contribution in [2.24, 2.45) is 11.1 Å². The fourth-order valence-electron chi connectivity index (χ4n) is 0.927. The van der Waals surface area contributed by atoms with E-state index in [1.54, 1.807) is 7.11 Å². The molecule has 74 valence electrons. The van der Waals surface area contributed by atoms with Gasteiger partial charge in [-0.25, -0.2) is 0 Å². The third-order valence-electron chi connectivity index (χ3n) is 2.33. The largest absolute Gasteiger partial charge is 0.377 e. The van der Waals surface area contributed by atoms with Crippen LogP contribution < -0.4 is 5.73 Å². The smallest absolute Gasteiger partial charge is 0.0772 e. The first-order valence-corrected chi connectivity index (χ1v) is 4.58. The SMILES string of the molecule is COC(C)(CN)CCC(C)(C)C. The first kappa shape index (κ1) is 11.9. The highest BCUT2D eigenvalue weighted by Gasteiger charge is 2.24. The number of methoxy groups -OCH3 is 1. The van der Waals surface area contributed by atoms with Gasteiger partial charge in [0.15, 0.2) is 0 Å². The Balaban J connectivity index is 3.89. The van der Waals surface area contributed by atoms with Crippen LogP contribution in [0.3, 0.4) is 0 Å². The van der Waals surface area contributed by atoms with Gasteiger partial charge in [0.2, 0.25) is 0 Å². The predicted molar refractivity (Wildman–Crippen MR) is 53.2 cm³/mol. The molecule has 0 aromatic carbocycles. The van der Waals surface area contributed by atoms with Gasteiger partial charge in [-0.1, -0.05) is 20.8 Å². The number of nitrogens with two attached hydrogens (primary N) is 1. The summed E-state index contributed by atoms with van der Waals surface area (Å²) >= 11 is 0. The minimum atomic E-state index is -0.132. The van der Waals surface area contributed by atoms with Gasteiger partial charge in [0.05, 0.1) is 5.60 Å². The van der Waals surface area contributed by atoms with Crippen molar-refractivity contribution in [3.05, 3.63) is 0 Å². The molecule has 1 unspecified atom stereocenters. The third kappa shape index (κ3) is 4.73. The highest BCUT2D eigenvalue weighted by Crippen LogP contribution is 2.26. The second-order valence-corrected chi connectivity index (χ2v) is 4.92. The lowest BCUT2D eigenvalue weighted by Crippen LogP contribution is -2.37. The van der Waals surface area contributed by atoms with Crippen LogP contribution in [0.15, 0.2) is 0 Å². The summed E-state index contributed by atoms with van der Waals surface area (Å²) in [6.07, 6.45) is 2.18. The summed E-state index contributed by atoms with van der Waals surface area (Å²) in [5, 5.41) is 0. The van der Waals surface area contributed by atoms with E-state index in [2.05, 4.69) is 27.7 Å². The monoisotopic (exact) mass is 173 g/mol. The second-order valence-electron chi connectivity index (χ2n) is 4.92. The molecular weight excluding hydrogens is 150 g/mol. The lowest BCUT2D eigenvalue weighted by atomic mass is 9.85. The molecule has 0 amide bonds. The summed E-state index contributed by atoms with van der Waals surface area (Å²) in [7, 11) is 1.73. The van der Waals surface area contributed by atoms with E-state index in [1.165, 1.54) is 0 Å². The van der Waals surface area contributed by atoms with E-state index in [1.807, 2.05) is 0 Å². The van der Waals surface area contributed by atoms with Crippen LogP contribution in [-0.2, 0) is 4.74 Å². The van der Waals surface area contributed by atoms with Crippen LogP contribution in [0.25, 0.3) is 0 Å². The minimum Gasteiger partial charge on any atom is -0.377 e. The molecule has 0 rings (SSSR count). The highest BCUT2D eigenvalue weighted by atomic mass is 16.5. The molecule has 2 nitrogen and oxygen atoms in total. The molecule has 0 saturated heterocycles. The zero-order valence-electron chi connectivity index (χ0n) is 9.11. The molecule has 0 aromatic rings.